The molecule has 2 rings (SSSR count). The number of aliphatic hydroxyl groups excluding tert-OH is 1. The number of benzene rings is 1. The van der Waals surface area contributed by atoms with Crippen LogP contribution in [-0.4, -0.2) is 36.4 Å². The molecule has 2 N–H and O–H groups in total. The van der Waals surface area contributed by atoms with Crippen LogP contribution in [0.2, 0.25) is 0 Å². The lowest BCUT2D eigenvalue weighted by Gasteiger charge is -2.40. The second-order valence-electron chi connectivity index (χ2n) is 4.31. The predicted octanol–water partition coefficient (Wildman–Crippen LogP) is 1.02. The number of ether oxygens (including phenoxy) is 1. The van der Waals surface area contributed by atoms with Crippen LogP contribution in [0.25, 0.3) is 0 Å². The molecule has 0 atom stereocenters. The number of hydrogen-bond acceptors (Lipinski definition) is 5. The predicted molar refractivity (Wildman–Crippen MR) is 61.9 cm³/mol. The molecule has 0 radical (unpaired) electrons. The molecule has 1 aliphatic heterocycles. The zero-order chi connectivity index (χ0) is 12.3. The molecular weight excluding hydrogens is 224 g/mol. The maximum Gasteiger partial charge on any atom is 0.271 e. The van der Waals surface area contributed by atoms with Crippen molar-refractivity contribution >= 4 is 11.4 Å². The first-order chi connectivity index (χ1) is 8.15. The van der Waals surface area contributed by atoms with Crippen LogP contribution in [0.3, 0.4) is 0 Å². The van der Waals surface area contributed by atoms with E-state index < -0.39 is 4.92 Å². The molecule has 1 heterocycles. The highest BCUT2D eigenvalue weighted by Crippen LogP contribution is 2.27. The Bertz CT molecular complexity index is 412. The van der Waals surface area contributed by atoms with Gasteiger partial charge in [0.1, 0.15) is 0 Å². The van der Waals surface area contributed by atoms with Gasteiger partial charge in [0.15, 0.2) is 0 Å². The molecule has 6 nitrogen and oxygen atoms in total. The first kappa shape index (κ1) is 11.8. The fraction of sp³-hybridized carbons (Fsp3) is 0.455. The number of nitro groups is 1. The number of nitrogens with zero attached hydrogens (tertiary/aromatic N) is 1. The Balaban J connectivity index is 1.99. The molecule has 6 heteroatoms. The van der Waals surface area contributed by atoms with Gasteiger partial charge in [-0.3, -0.25) is 10.1 Å². The quantitative estimate of drug-likeness (QED) is 0.591. The minimum atomic E-state index is -0.431. The van der Waals surface area contributed by atoms with E-state index in [-0.39, 0.29) is 17.7 Å². The normalized spacial score (nSPS) is 17.2. The molecule has 1 aliphatic rings. The molecule has 92 valence electrons. The minimum absolute atomic E-state index is 0.0505. The highest BCUT2D eigenvalue weighted by Gasteiger charge is 2.37. The van der Waals surface area contributed by atoms with E-state index in [2.05, 4.69) is 5.32 Å². The van der Waals surface area contributed by atoms with Crippen LogP contribution < -0.4 is 5.32 Å². The molecule has 1 aromatic rings. The summed E-state index contributed by atoms with van der Waals surface area (Å²) in [5.74, 6) is 0. The molecule has 0 unspecified atom stereocenters. The number of anilines is 1. The molecule has 0 bridgehead atoms. The Hall–Kier alpha value is -1.66. The highest BCUT2D eigenvalue weighted by atomic mass is 16.6. The molecule has 0 aromatic heterocycles. The molecule has 17 heavy (non-hydrogen) atoms. The molecular formula is C11H14N2O4. The van der Waals surface area contributed by atoms with Crippen molar-refractivity contribution in [2.45, 2.75) is 0 Å². The van der Waals surface area contributed by atoms with Gasteiger partial charge in [-0.05, 0) is 6.07 Å². The largest absolute Gasteiger partial charge is 0.396 e. The zero-order valence-corrected chi connectivity index (χ0v) is 9.26. The smallest absolute Gasteiger partial charge is 0.271 e. The van der Waals surface area contributed by atoms with Crippen LogP contribution in [0, 0.1) is 15.5 Å². The third kappa shape index (κ3) is 2.54. The lowest BCUT2D eigenvalue weighted by molar-refractivity contribution is -0.384. The zero-order valence-electron chi connectivity index (χ0n) is 9.26. The standard InChI is InChI=1S/C11H14N2O4/c14-6-11(7-17-8-11)5-12-9-2-1-3-10(4-9)13(15)16/h1-4,12,14H,5-8H2. The van der Waals surface area contributed by atoms with Gasteiger partial charge < -0.3 is 15.2 Å². The van der Waals surface area contributed by atoms with Crippen LogP contribution in [0.5, 0.6) is 0 Å². The summed E-state index contributed by atoms with van der Waals surface area (Å²) < 4.78 is 5.07. The average Bonchev–Trinajstić information content (AvgIpc) is 2.28. The summed E-state index contributed by atoms with van der Waals surface area (Å²) in [5, 5.41) is 22.9. The van der Waals surface area contributed by atoms with Gasteiger partial charge in [-0.25, -0.2) is 0 Å². The summed E-state index contributed by atoms with van der Waals surface area (Å²) >= 11 is 0. The van der Waals surface area contributed by atoms with Crippen LogP contribution in [0.4, 0.5) is 11.4 Å². The van der Waals surface area contributed by atoms with E-state index >= 15 is 0 Å². The number of rotatable bonds is 5. The van der Waals surface area contributed by atoms with Gasteiger partial charge in [0.2, 0.25) is 0 Å². The summed E-state index contributed by atoms with van der Waals surface area (Å²) in [6, 6.07) is 6.31. The van der Waals surface area contributed by atoms with Gasteiger partial charge in [-0.2, -0.15) is 0 Å². The maximum atomic E-state index is 10.6. The summed E-state index contributed by atoms with van der Waals surface area (Å²) in [6.45, 7) is 1.64. The summed E-state index contributed by atoms with van der Waals surface area (Å²) in [6.07, 6.45) is 0. The Morgan fingerprint density at radius 3 is 2.82 bits per heavy atom. The topological polar surface area (TPSA) is 84.6 Å². The maximum absolute atomic E-state index is 10.6. The van der Waals surface area contributed by atoms with Gasteiger partial charge in [0, 0.05) is 24.4 Å². The highest BCUT2D eigenvalue weighted by molar-refractivity contribution is 5.51. The Kier molecular flexibility index (Phi) is 3.26. The first-order valence-corrected chi connectivity index (χ1v) is 5.32. The van der Waals surface area contributed by atoms with E-state index in [0.29, 0.717) is 25.4 Å². The van der Waals surface area contributed by atoms with Gasteiger partial charge in [0.25, 0.3) is 5.69 Å². The number of non-ortho nitro benzene ring substituents is 1. The van der Waals surface area contributed by atoms with Crippen LogP contribution in [0.1, 0.15) is 0 Å². The molecule has 1 aromatic carbocycles. The van der Waals surface area contributed by atoms with Crippen LogP contribution >= 0.6 is 0 Å². The Labute approximate surface area is 98.4 Å². The Morgan fingerprint density at radius 2 is 2.29 bits per heavy atom. The third-order valence-electron chi connectivity index (χ3n) is 2.88. The summed E-state index contributed by atoms with van der Waals surface area (Å²) in [4.78, 5) is 10.2. The Morgan fingerprint density at radius 1 is 1.53 bits per heavy atom. The number of aliphatic hydroxyl groups is 1. The number of nitro benzene ring substituents is 1. The molecule has 0 spiro atoms. The second kappa shape index (κ2) is 4.68. The van der Waals surface area contributed by atoms with Gasteiger partial charge in [0.05, 0.1) is 30.2 Å². The second-order valence-corrected chi connectivity index (χ2v) is 4.31. The van der Waals surface area contributed by atoms with E-state index in [1.807, 2.05) is 0 Å². The van der Waals surface area contributed by atoms with Crippen molar-refractivity contribution in [2.75, 3.05) is 31.7 Å². The molecule has 0 saturated carbocycles. The fourth-order valence-electron chi connectivity index (χ4n) is 1.66. The third-order valence-corrected chi connectivity index (χ3v) is 2.88. The summed E-state index contributed by atoms with van der Waals surface area (Å²) in [7, 11) is 0. The van der Waals surface area contributed by atoms with Crippen LogP contribution in [0.15, 0.2) is 24.3 Å². The van der Waals surface area contributed by atoms with E-state index in [9.17, 15) is 15.2 Å². The number of nitrogens with one attached hydrogen (secondary N) is 1. The molecule has 0 amide bonds. The fourth-order valence-corrected chi connectivity index (χ4v) is 1.66. The lowest BCUT2D eigenvalue weighted by Crippen LogP contribution is -2.50. The molecule has 1 saturated heterocycles. The minimum Gasteiger partial charge on any atom is -0.396 e. The van der Waals surface area contributed by atoms with E-state index in [1.54, 1.807) is 12.1 Å². The van der Waals surface area contributed by atoms with E-state index in [1.165, 1.54) is 12.1 Å². The van der Waals surface area contributed by atoms with Crippen LogP contribution in [-0.2, 0) is 4.74 Å². The van der Waals surface area contributed by atoms with Crippen molar-refractivity contribution in [3.8, 4) is 0 Å². The van der Waals surface area contributed by atoms with Gasteiger partial charge in [-0.15, -0.1) is 0 Å². The lowest BCUT2D eigenvalue weighted by atomic mass is 9.87. The van der Waals surface area contributed by atoms with Crippen molar-refractivity contribution in [1.82, 2.24) is 0 Å². The number of hydrogen-bond donors (Lipinski definition) is 2. The van der Waals surface area contributed by atoms with E-state index in [4.69, 9.17) is 4.74 Å². The van der Waals surface area contributed by atoms with Crippen molar-refractivity contribution in [3.05, 3.63) is 34.4 Å². The molecule has 0 aliphatic carbocycles. The monoisotopic (exact) mass is 238 g/mol. The SMILES string of the molecule is O=[N+]([O-])c1cccc(NCC2(CO)COC2)c1. The van der Waals surface area contributed by atoms with Crippen molar-refractivity contribution in [3.63, 3.8) is 0 Å². The summed E-state index contributed by atoms with van der Waals surface area (Å²) in [5.41, 5.74) is 0.488. The van der Waals surface area contributed by atoms with Gasteiger partial charge in [-0.1, -0.05) is 6.07 Å². The first-order valence-electron chi connectivity index (χ1n) is 5.32. The van der Waals surface area contributed by atoms with Crippen molar-refractivity contribution in [1.29, 1.82) is 0 Å². The van der Waals surface area contributed by atoms with Crippen molar-refractivity contribution in [2.24, 2.45) is 5.41 Å². The van der Waals surface area contributed by atoms with Crippen molar-refractivity contribution < 1.29 is 14.8 Å². The van der Waals surface area contributed by atoms with Gasteiger partial charge >= 0.3 is 0 Å². The molecule has 1 fully saturated rings. The average molecular weight is 238 g/mol. The van der Waals surface area contributed by atoms with E-state index in [0.717, 1.165) is 0 Å².